The molecule has 18 heavy (non-hydrogen) atoms. The molecule has 1 N–H and O–H groups in total. The minimum atomic E-state index is 0.132. The number of phenolic OH excluding ortho intramolecular Hbond substituents is 1. The Morgan fingerprint density at radius 2 is 2.00 bits per heavy atom. The molecule has 0 atom stereocenters. The molecule has 2 aromatic rings. The first kappa shape index (κ1) is 10.9. The van der Waals surface area contributed by atoms with Crippen molar-refractivity contribution in [2.24, 2.45) is 0 Å². The van der Waals surface area contributed by atoms with Crippen LogP contribution in [0.25, 0.3) is 11.4 Å². The highest BCUT2D eigenvalue weighted by Gasteiger charge is 2.20. The maximum absolute atomic E-state index is 11.1. The van der Waals surface area contributed by atoms with Gasteiger partial charge in [0.05, 0.1) is 5.56 Å². The molecule has 1 aliphatic carbocycles. The Morgan fingerprint density at radius 3 is 2.78 bits per heavy atom. The zero-order valence-electron chi connectivity index (χ0n) is 9.76. The molecule has 4 heteroatoms. The monoisotopic (exact) mass is 240 g/mol. The molecule has 1 aromatic carbocycles. The Hall–Kier alpha value is -2.23. The Morgan fingerprint density at radius 1 is 1.17 bits per heavy atom. The molecule has 0 amide bonds. The molecule has 0 radical (unpaired) electrons. The van der Waals surface area contributed by atoms with Gasteiger partial charge >= 0.3 is 0 Å². The number of nitrogens with zero attached hydrogens (tertiary/aromatic N) is 2. The van der Waals surface area contributed by atoms with E-state index < -0.39 is 0 Å². The molecule has 0 spiro atoms. The van der Waals surface area contributed by atoms with Gasteiger partial charge in [-0.3, -0.25) is 4.79 Å². The zero-order chi connectivity index (χ0) is 12.5. The summed E-state index contributed by atoms with van der Waals surface area (Å²) in [7, 11) is 0. The van der Waals surface area contributed by atoms with Crippen LogP contribution in [0.2, 0.25) is 0 Å². The first-order valence-electron chi connectivity index (χ1n) is 5.93. The fourth-order valence-corrected chi connectivity index (χ4v) is 2.34. The van der Waals surface area contributed by atoms with E-state index in [9.17, 15) is 9.90 Å². The van der Waals surface area contributed by atoms with Crippen LogP contribution < -0.4 is 0 Å². The molecule has 0 saturated carbocycles. The molecule has 1 aliphatic rings. The molecule has 0 saturated heterocycles. The number of aldehydes is 1. The summed E-state index contributed by atoms with van der Waals surface area (Å²) in [5, 5.41) is 9.81. The lowest BCUT2D eigenvalue weighted by atomic mass is 10.1. The summed E-state index contributed by atoms with van der Waals surface area (Å²) in [4.78, 5) is 19.8. The number of phenols is 1. The van der Waals surface area contributed by atoms with Crippen molar-refractivity contribution in [1.82, 2.24) is 9.97 Å². The number of fused-ring (bicyclic) bond motifs is 1. The first-order chi connectivity index (χ1) is 8.79. The fraction of sp³-hybridized carbons (Fsp3) is 0.214. The third kappa shape index (κ3) is 1.66. The number of para-hydroxylation sites is 1. The van der Waals surface area contributed by atoms with Gasteiger partial charge in [-0.1, -0.05) is 12.1 Å². The molecule has 3 rings (SSSR count). The maximum atomic E-state index is 11.1. The van der Waals surface area contributed by atoms with Crippen LogP contribution in [0, 0.1) is 0 Å². The molecule has 0 bridgehead atoms. The second-order valence-corrected chi connectivity index (χ2v) is 4.35. The Bertz CT molecular complexity index is 623. The number of carbonyl (C=O) groups excluding carboxylic acids is 1. The number of benzene rings is 1. The lowest BCUT2D eigenvalue weighted by Crippen LogP contribution is -2.02. The average Bonchev–Trinajstić information content (AvgIpc) is 2.86. The molecular formula is C14H12N2O2. The fourth-order valence-electron chi connectivity index (χ4n) is 2.34. The number of hydrogen-bond acceptors (Lipinski definition) is 4. The molecule has 1 aromatic heterocycles. The minimum Gasteiger partial charge on any atom is -0.507 e. The summed E-state index contributed by atoms with van der Waals surface area (Å²) in [6.07, 6.45) is 3.52. The smallest absolute Gasteiger partial charge is 0.168 e. The first-order valence-corrected chi connectivity index (χ1v) is 5.93. The molecule has 0 aliphatic heterocycles. The second kappa shape index (κ2) is 4.22. The highest BCUT2D eigenvalue weighted by atomic mass is 16.3. The van der Waals surface area contributed by atoms with Crippen molar-refractivity contribution in [3.05, 3.63) is 41.2 Å². The predicted octanol–water partition coefficient (Wildman–Crippen LogP) is 2.15. The van der Waals surface area contributed by atoms with Gasteiger partial charge in [0.15, 0.2) is 12.1 Å². The lowest BCUT2D eigenvalue weighted by molar-refractivity contribution is 0.111. The molecule has 0 fully saturated rings. The standard InChI is InChI=1S/C14H12N2O2/c17-8-12-9-5-3-6-11(9)15-14(16-12)10-4-1-2-7-13(10)18/h1-2,4,7-8,18H,3,5-6H2. The van der Waals surface area contributed by atoms with Crippen LogP contribution in [0.15, 0.2) is 24.3 Å². The van der Waals surface area contributed by atoms with Crippen LogP contribution in [0.4, 0.5) is 0 Å². The van der Waals surface area contributed by atoms with Gasteiger partial charge in [-0.2, -0.15) is 0 Å². The molecule has 90 valence electrons. The summed E-state index contributed by atoms with van der Waals surface area (Å²) in [5.74, 6) is 0.558. The second-order valence-electron chi connectivity index (χ2n) is 4.35. The topological polar surface area (TPSA) is 63.1 Å². The van der Waals surface area contributed by atoms with E-state index in [1.165, 1.54) is 0 Å². The zero-order valence-corrected chi connectivity index (χ0v) is 9.76. The molecular weight excluding hydrogens is 228 g/mol. The molecule has 4 nitrogen and oxygen atoms in total. The van der Waals surface area contributed by atoms with E-state index in [-0.39, 0.29) is 5.75 Å². The van der Waals surface area contributed by atoms with Gasteiger partial charge in [-0.25, -0.2) is 9.97 Å². The van der Waals surface area contributed by atoms with Crippen molar-refractivity contribution in [2.45, 2.75) is 19.3 Å². The molecule has 1 heterocycles. The predicted molar refractivity (Wildman–Crippen MR) is 66.5 cm³/mol. The minimum absolute atomic E-state index is 0.132. The van der Waals surface area contributed by atoms with Crippen molar-refractivity contribution >= 4 is 6.29 Å². The van der Waals surface area contributed by atoms with Crippen LogP contribution in [-0.2, 0) is 12.8 Å². The summed E-state index contributed by atoms with van der Waals surface area (Å²) >= 11 is 0. The average molecular weight is 240 g/mol. The van der Waals surface area contributed by atoms with Crippen molar-refractivity contribution in [2.75, 3.05) is 0 Å². The SMILES string of the molecule is O=Cc1nc(-c2ccccc2O)nc2c1CCC2. The van der Waals surface area contributed by atoms with Gasteiger partial charge in [-0.15, -0.1) is 0 Å². The largest absolute Gasteiger partial charge is 0.507 e. The van der Waals surface area contributed by atoms with E-state index in [0.717, 1.165) is 36.8 Å². The maximum Gasteiger partial charge on any atom is 0.168 e. The number of aryl methyl sites for hydroxylation is 1. The van der Waals surface area contributed by atoms with Gasteiger partial charge in [-0.05, 0) is 31.4 Å². The van der Waals surface area contributed by atoms with Gasteiger partial charge in [0, 0.05) is 11.3 Å². The number of carbonyl (C=O) groups is 1. The highest BCUT2D eigenvalue weighted by molar-refractivity contribution is 5.77. The summed E-state index contributed by atoms with van der Waals surface area (Å²) < 4.78 is 0. The summed E-state index contributed by atoms with van der Waals surface area (Å²) in [5.41, 5.74) is 2.92. The van der Waals surface area contributed by atoms with Crippen LogP contribution in [-0.4, -0.2) is 21.4 Å². The third-order valence-corrected chi connectivity index (χ3v) is 3.22. The molecule has 0 unspecified atom stereocenters. The van der Waals surface area contributed by atoms with Gasteiger partial charge < -0.3 is 5.11 Å². The van der Waals surface area contributed by atoms with Crippen molar-refractivity contribution in [1.29, 1.82) is 0 Å². The van der Waals surface area contributed by atoms with Crippen molar-refractivity contribution in [3.8, 4) is 17.1 Å². The van der Waals surface area contributed by atoms with E-state index in [0.29, 0.717) is 17.1 Å². The van der Waals surface area contributed by atoms with E-state index in [4.69, 9.17) is 0 Å². The number of rotatable bonds is 2. The van der Waals surface area contributed by atoms with Crippen LogP contribution in [0.1, 0.15) is 28.2 Å². The van der Waals surface area contributed by atoms with Crippen molar-refractivity contribution in [3.63, 3.8) is 0 Å². The van der Waals surface area contributed by atoms with Crippen LogP contribution >= 0.6 is 0 Å². The van der Waals surface area contributed by atoms with Crippen LogP contribution in [0.3, 0.4) is 0 Å². The quantitative estimate of drug-likeness (QED) is 0.817. The van der Waals surface area contributed by atoms with E-state index >= 15 is 0 Å². The van der Waals surface area contributed by atoms with Crippen molar-refractivity contribution < 1.29 is 9.90 Å². The highest BCUT2D eigenvalue weighted by Crippen LogP contribution is 2.29. The summed E-state index contributed by atoms with van der Waals surface area (Å²) in [6.45, 7) is 0. The lowest BCUT2D eigenvalue weighted by Gasteiger charge is -2.07. The number of aromatic hydroxyl groups is 1. The van der Waals surface area contributed by atoms with Gasteiger partial charge in [0.1, 0.15) is 11.4 Å². The summed E-state index contributed by atoms with van der Waals surface area (Å²) in [6, 6.07) is 6.89. The van der Waals surface area contributed by atoms with Gasteiger partial charge in [0.2, 0.25) is 0 Å². The van der Waals surface area contributed by atoms with Gasteiger partial charge in [0.25, 0.3) is 0 Å². The van der Waals surface area contributed by atoms with E-state index in [1.54, 1.807) is 18.2 Å². The normalized spacial score (nSPS) is 13.3. The van der Waals surface area contributed by atoms with E-state index in [1.807, 2.05) is 6.07 Å². The van der Waals surface area contributed by atoms with Crippen LogP contribution in [0.5, 0.6) is 5.75 Å². The Kier molecular flexibility index (Phi) is 2.55. The number of hydrogen-bond donors (Lipinski definition) is 1. The third-order valence-electron chi connectivity index (χ3n) is 3.22. The number of aromatic nitrogens is 2. The Balaban J connectivity index is 2.20. The Labute approximate surface area is 104 Å². The van der Waals surface area contributed by atoms with E-state index in [2.05, 4.69) is 9.97 Å².